The van der Waals surface area contributed by atoms with Crippen molar-refractivity contribution in [1.82, 2.24) is 4.31 Å². The number of benzene rings is 2. The van der Waals surface area contributed by atoms with Gasteiger partial charge in [0.25, 0.3) is 5.91 Å². The highest BCUT2D eigenvalue weighted by Gasteiger charge is 2.21. The molecular formula is C18H15ClN2O5S. The van der Waals surface area contributed by atoms with Crippen LogP contribution in [-0.2, 0) is 10.0 Å². The van der Waals surface area contributed by atoms with Crippen LogP contribution >= 0.6 is 11.6 Å². The number of fused-ring (bicyclic) bond motifs is 1. The summed E-state index contributed by atoms with van der Waals surface area (Å²) in [6, 6.07) is 11.5. The van der Waals surface area contributed by atoms with Crippen molar-refractivity contribution >= 4 is 44.2 Å². The molecule has 0 unspecified atom stereocenters. The molecule has 3 aromatic rings. The van der Waals surface area contributed by atoms with Crippen molar-refractivity contribution in [3.63, 3.8) is 0 Å². The zero-order chi connectivity index (χ0) is 19.8. The van der Waals surface area contributed by atoms with E-state index in [0.29, 0.717) is 16.7 Å². The smallest absolute Gasteiger partial charge is 0.336 e. The Morgan fingerprint density at radius 2 is 1.81 bits per heavy atom. The summed E-state index contributed by atoms with van der Waals surface area (Å²) in [5.41, 5.74) is 0.389. The number of hydrogen-bond acceptors (Lipinski definition) is 5. The molecule has 0 radical (unpaired) electrons. The van der Waals surface area contributed by atoms with E-state index in [4.69, 9.17) is 16.0 Å². The number of nitrogens with zero attached hydrogens (tertiary/aromatic N) is 1. The fourth-order valence-electron chi connectivity index (χ4n) is 2.40. The number of hydrogen-bond donors (Lipinski definition) is 1. The van der Waals surface area contributed by atoms with Crippen LogP contribution in [0.2, 0.25) is 5.02 Å². The molecule has 140 valence electrons. The van der Waals surface area contributed by atoms with Gasteiger partial charge in [0, 0.05) is 31.2 Å². The van der Waals surface area contributed by atoms with E-state index in [1.54, 1.807) is 24.3 Å². The summed E-state index contributed by atoms with van der Waals surface area (Å²) in [5, 5.41) is 3.41. The van der Waals surface area contributed by atoms with Gasteiger partial charge in [-0.2, -0.15) is 0 Å². The molecule has 0 aliphatic rings. The lowest BCUT2D eigenvalue weighted by Crippen LogP contribution is -2.23. The molecule has 0 spiro atoms. The van der Waals surface area contributed by atoms with E-state index in [0.717, 1.165) is 4.31 Å². The van der Waals surface area contributed by atoms with Crippen molar-refractivity contribution in [1.29, 1.82) is 0 Å². The van der Waals surface area contributed by atoms with E-state index < -0.39 is 21.6 Å². The van der Waals surface area contributed by atoms with Crippen LogP contribution in [0.3, 0.4) is 0 Å². The number of rotatable bonds is 4. The molecule has 3 rings (SSSR count). The van der Waals surface area contributed by atoms with Crippen LogP contribution in [-0.4, -0.2) is 32.7 Å². The predicted molar refractivity (Wildman–Crippen MR) is 103 cm³/mol. The summed E-state index contributed by atoms with van der Waals surface area (Å²) in [6.45, 7) is 0. The van der Waals surface area contributed by atoms with Crippen molar-refractivity contribution < 1.29 is 17.6 Å². The summed E-state index contributed by atoms with van der Waals surface area (Å²) in [6.07, 6.45) is 0. The molecule has 7 nitrogen and oxygen atoms in total. The van der Waals surface area contributed by atoms with Crippen LogP contribution in [0.1, 0.15) is 10.4 Å². The first-order chi connectivity index (χ1) is 12.7. The number of sulfonamides is 1. The Bertz CT molecular complexity index is 1200. The van der Waals surface area contributed by atoms with Crippen LogP contribution in [0.4, 0.5) is 5.69 Å². The Hall–Kier alpha value is -2.68. The lowest BCUT2D eigenvalue weighted by molar-refractivity contribution is 0.102. The molecule has 0 fully saturated rings. The van der Waals surface area contributed by atoms with E-state index in [-0.39, 0.29) is 15.5 Å². The average molecular weight is 407 g/mol. The van der Waals surface area contributed by atoms with Crippen LogP contribution < -0.4 is 10.9 Å². The van der Waals surface area contributed by atoms with Gasteiger partial charge in [-0.05, 0) is 42.5 Å². The minimum atomic E-state index is -3.70. The van der Waals surface area contributed by atoms with Crippen LogP contribution in [0.25, 0.3) is 11.0 Å². The lowest BCUT2D eigenvalue weighted by Gasteiger charge is -2.13. The molecule has 0 aliphatic heterocycles. The molecule has 2 aromatic carbocycles. The first kappa shape index (κ1) is 19.1. The van der Waals surface area contributed by atoms with E-state index >= 15 is 0 Å². The number of carbonyl (C=O) groups excluding carboxylic acids is 1. The van der Waals surface area contributed by atoms with Crippen molar-refractivity contribution in [3.05, 3.63) is 69.5 Å². The highest BCUT2D eigenvalue weighted by molar-refractivity contribution is 7.89. The molecule has 0 saturated heterocycles. The monoisotopic (exact) mass is 406 g/mol. The SMILES string of the molecule is CN(C)S(=O)(=O)c1ccc(Cl)c(C(=O)Nc2ccc3oc(=O)ccc3c2)c1. The molecule has 0 aliphatic carbocycles. The first-order valence-corrected chi connectivity index (χ1v) is 9.57. The third-order valence-corrected chi connectivity index (χ3v) is 5.98. The van der Waals surface area contributed by atoms with Gasteiger partial charge in [0.2, 0.25) is 10.0 Å². The van der Waals surface area contributed by atoms with Gasteiger partial charge in [-0.25, -0.2) is 17.5 Å². The third-order valence-electron chi connectivity index (χ3n) is 3.84. The van der Waals surface area contributed by atoms with Crippen LogP contribution in [0.5, 0.6) is 0 Å². The minimum Gasteiger partial charge on any atom is -0.423 e. The number of anilines is 1. The minimum absolute atomic E-state index is 0.0271. The largest absolute Gasteiger partial charge is 0.423 e. The van der Waals surface area contributed by atoms with Crippen molar-refractivity contribution in [2.75, 3.05) is 19.4 Å². The predicted octanol–water partition coefficient (Wildman–Crippen LogP) is 2.95. The Kier molecular flexibility index (Phi) is 5.05. The van der Waals surface area contributed by atoms with E-state index in [1.165, 1.54) is 38.4 Å². The van der Waals surface area contributed by atoms with E-state index in [1.807, 2.05) is 0 Å². The topological polar surface area (TPSA) is 96.7 Å². The van der Waals surface area contributed by atoms with Gasteiger partial charge in [-0.15, -0.1) is 0 Å². The second-order valence-electron chi connectivity index (χ2n) is 5.89. The quantitative estimate of drug-likeness (QED) is 0.672. The molecule has 1 amide bonds. The molecular weight excluding hydrogens is 392 g/mol. The number of halogens is 1. The van der Waals surface area contributed by atoms with Gasteiger partial charge in [-0.1, -0.05) is 11.6 Å². The molecule has 0 saturated carbocycles. The fourth-order valence-corrected chi connectivity index (χ4v) is 3.53. The summed E-state index contributed by atoms with van der Waals surface area (Å²) < 4.78 is 30.6. The van der Waals surface area contributed by atoms with Crippen molar-refractivity contribution in [2.24, 2.45) is 0 Å². The molecule has 1 heterocycles. The standard InChI is InChI=1S/C18H15ClN2O5S/c1-21(2)27(24,25)13-5-6-15(19)14(10-13)18(23)20-12-4-7-16-11(9-12)3-8-17(22)26-16/h3-10H,1-2H3,(H,20,23). The zero-order valence-corrected chi connectivity index (χ0v) is 16.0. The summed E-state index contributed by atoms with van der Waals surface area (Å²) in [4.78, 5) is 23.8. The Balaban J connectivity index is 1.94. The van der Waals surface area contributed by atoms with Gasteiger partial charge in [-0.3, -0.25) is 4.79 Å². The summed E-state index contributed by atoms with van der Waals surface area (Å²) >= 11 is 6.08. The van der Waals surface area contributed by atoms with Crippen LogP contribution in [0.15, 0.2) is 62.6 Å². The maximum absolute atomic E-state index is 12.6. The second kappa shape index (κ2) is 7.15. The van der Waals surface area contributed by atoms with Gasteiger partial charge in [0.05, 0.1) is 15.5 Å². The summed E-state index contributed by atoms with van der Waals surface area (Å²) in [5.74, 6) is -0.562. The molecule has 9 heteroatoms. The Morgan fingerprint density at radius 3 is 2.52 bits per heavy atom. The average Bonchev–Trinajstić information content (AvgIpc) is 2.61. The molecule has 1 N–H and O–H groups in total. The van der Waals surface area contributed by atoms with Gasteiger partial charge in [0.1, 0.15) is 5.58 Å². The van der Waals surface area contributed by atoms with Crippen molar-refractivity contribution in [2.45, 2.75) is 4.90 Å². The highest BCUT2D eigenvalue weighted by atomic mass is 35.5. The zero-order valence-electron chi connectivity index (χ0n) is 14.4. The number of carbonyl (C=O) groups is 1. The second-order valence-corrected chi connectivity index (χ2v) is 8.45. The van der Waals surface area contributed by atoms with Gasteiger partial charge in [0.15, 0.2) is 0 Å². The van der Waals surface area contributed by atoms with E-state index in [9.17, 15) is 18.0 Å². The molecule has 27 heavy (non-hydrogen) atoms. The van der Waals surface area contributed by atoms with Gasteiger partial charge < -0.3 is 9.73 Å². The lowest BCUT2D eigenvalue weighted by atomic mass is 10.2. The summed E-state index contributed by atoms with van der Waals surface area (Å²) in [7, 11) is -0.903. The maximum Gasteiger partial charge on any atom is 0.336 e. The van der Waals surface area contributed by atoms with Crippen molar-refractivity contribution in [3.8, 4) is 0 Å². The normalized spacial score (nSPS) is 11.7. The molecule has 0 atom stereocenters. The third kappa shape index (κ3) is 3.87. The number of amides is 1. The maximum atomic E-state index is 12.6. The molecule has 1 aromatic heterocycles. The number of nitrogens with one attached hydrogen (secondary N) is 1. The highest BCUT2D eigenvalue weighted by Crippen LogP contribution is 2.24. The van der Waals surface area contributed by atoms with E-state index in [2.05, 4.69) is 5.32 Å². The Labute approximate surface area is 160 Å². The van der Waals surface area contributed by atoms with Crippen LogP contribution in [0, 0.1) is 0 Å². The first-order valence-electron chi connectivity index (χ1n) is 7.76. The Morgan fingerprint density at radius 1 is 1.07 bits per heavy atom. The fraction of sp³-hybridized carbons (Fsp3) is 0.111. The molecule has 0 bridgehead atoms. The van der Waals surface area contributed by atoms with Gasteiger partial charge >= 0.3 is 5.63 Å².